The van der Waals surface area contributed by atoms with Crippen LogP contribution in [0.25, 0.3) is 5.69 Å². The number of hydrogen-bond acceptors (Lipinski definition) is 4. The number of benzene rings is 2. The van der Waals surface area contributed by atoms with Crippen molar-refractivity contribution in [3.05, 3.63) is 71.5 Å². The molecule has 3 aromatic rings. The number of nitrogens with zero attached hydrogens (tertiary/aromatic N) is 2. The third-order valence-corrected chi connectivity index (χ3v) is 4.52. The summed E-state index contributed by atoms with van der Waals surface area (Å²) in [5.41, 5.74) is 3.11. The van der Waals surface area contributed by atoms with Gasteiger partial charge in [-0.1, -0.05) is 24.3 Å². The number of amides is 1. The van der Waals surface area contributed by atoms with Crippen LogP contribution in [0.5, 0.6) is 11.5 Å². The van der Waals surface area contributed by atoms with Gasteiger partial charge in [-0.2, -0.15) is 5.10 Å². The van der Waals surface area contributed by atoms with E-state index in [1.807, 2.05) is 76.2 Å². The second-order valence-corrected chi connectivity index (χ2v) is 7.19. The zero-order chi connectivity index (χ0) is 21.0. The van der Waals surface area contributed by atoms with E-state index in [9.17, 15) is 4.79 Å². The summed E-state index contributed by atoms with van der Waals surface area (Å²) in [6, 6.07) is 17.0. The van der Waals surface area contributed by atoms with Crippen molar-refractivity contribution >= 4 is 5.91 Å². The van der Waals surface area contributed by atoms with E-state index in [-0.39, 0.29) is 18.1 Å². The second-order valence-electron chi connectivity index (χ2n) is 7.19. The first-order valence-electron chi connectivity index (χ1n) is 9.66. The molecule has 0 saturated carbocycles. The van der Waals surface area contributed by atoms with Crippen LogP contribution in [0.15, 0.2) is 54.6 Å². The van der Waals surface area contributed by atoms with Crippen LogP contribution in [-0.4, -0.2) is 28.9 Å². The topological polar surface area (TPSA) is 65.4 Å². The molecule has 1 unspecified atom stereocenters. The fourth-order valence-electron chi connectivity index (χ4n) is 3.07. The third kappa shape index (κ3) is 4.77. The highest BCUT2D eigenvalue weighted by Crippen LogP contribution is 2.31. The highest BCUT2D eigenvalue weighted by atomic mass is 16.5. The molecule has 0 fully saturated rings. The maximum Gasteiger partial charge on any atom is 0.272 e. The molecule has 0 saturated heterocycles. The number of nitrogens with one attached hydrogen (secondary N) is 1. The molecule has 29 heavy (non-hydrogen) atoms. The fraction of sp³-hybridized carbons (Fsp3) is 0.304. The fourth-order valence-corrected chi connectivity index (χ4v) is 3.07. The third-order valence-electron chi connectivity index (χ3n) is 4.52. The number of rotatable bonds is 7. The molecule has 6 heteroatoms. The van der Waals surface area contributed by atoms with Crippen LogP contribution in [0, 0.1) is 6.92 Å². The van der Waals surface area contributed by atoms with Gasteiger partial charge in [0.1, 0.15) is 0 Å². The summed E-state index contributed by atoms with van der Waals surface area (Å²) < 4.78 is 13.0. The van der Waals surface area contributed by atoms with Crippen molar-refractivity contribution in [1.82, 2.24) is 15.1 Å². The summed E-state index contributed by atoms with van der Waals surface area (Å²) in [7, 11) is 1.61. The minimum atomic E-state index is -0.225. The number of aromatic nitrogens is 2. The minimum absolute atomic E-state index is 0.0508. The predicted molar refractivity (Wildman–Crippen MR) is 113 cm³/mol. The minimum Gasteiger partial charge on any atom is -0.493 e. The molecule has 0 spiro atoms. The molecule has 1 atom stereocenters. The summed E-state index contributed by atoms with van der Waals surface area (Å²) in [5.74, 6) is 1.10. The maximum absolute atomic E-state index is 12.7. The molecule has 0 aliphatic rings. The number of ether oxygens (including phenoxy) is 2. The van der Waals surface area contributed by atoms with E-state index in [1.165, 1.54) is 0 Å². The van der Waals surface area contributed by atoms with E-state index in [4.69, 9.17) is 9.47 Å². The van der Waals surface area contributed by atoms with Gasteiger partial charge in [0.05, 0.1) is 24.9 Å². The van der Waals surface area contributed by atoms with Crippen LogP contribution in [0.4, 0.5) is 0 Å². The monoisotopic (exact) mass is 393 g/mol. The lowest BCUT2D eigenvalue weighted by Gasteiger charge is -2.18. The molecule has 1 heterocycles. The van der Waals surface area contributed by atoms with Crippen molar-refractivity contribution in [1.29, 1.82) is 0 Å². The zero-order valence-corrected chi connectivity index (χ0v) is 17.5. The average Bonchev–Trinajstić information content (AvgIpc) is 3.10. The van der Waals surface area contributed by atoms with Crippen LogP contribution in [0.2, 0.25) is 0 Å². The SMILES string of the molecule is COc1cc(C(C)NC(=O)c2cc(C)n(-c3ccccc3)n2)ccc1OC(C)C. The Kier molecular flexibility index (Phi) is 6.22. The van der Waals surface area contributed by atoms with Crippen molar-refractivity contribution in [3.8, 4) is 17.2 Å². The van der Waals surface area contributed by atoms with Gasteiger partial charge in [0.2, 0.25) is 0 Å². The predicted octanol–water partition coefficient (Wildman–Crippen LogP) is 4.47. The van der Waals surface area contributed by atoms with Gasteiger partial charge in [0.15, 0.2) is 17.2 Å². The highest BCUT2D eigenvalue weighted by molar-refractivity contribution is 5.92. The summed E-state index contributed by atoms with van der Waals surface area (Å²) in [4.78, 5) is 12.7. The molecule has 1 N–H and O–H groups in total. The van der Waals surface area contributed by atoms with Crippen LogP contribution >= 0.6 is 0 Å². The van der Waals surface area contributed by atoms with Crippen molar-refractivity contribution in [2.75, 3.05) is 7.11 Å². The molecule has 1 amide bonds. The number of carbonyl (C=O) groups excluding carboxylic acids is 1. The van der Waals surface area contributed by atoms with Gasteiger partial charge in [-0.05, 0) is 63.6 Å². The molecule has 152 valence electrons. The van der Waals surface area contributed by atoms with E-state index in [0.717, 1.165) is 16.9 Å². The van der Waals surface area contributed by atoms with Crippen LogP contribution < -0.4 is 14.8 Å². The van der Waals surface area contributed by atoms with E-state index in [2.05, 4.69) is 10.4 Å². The average molecular weight is 393 g/mol. The van der Waals surface area contributed by atoms with Crippen LogP contribution in [0.3, 0.4) is 0 Å². The zero-order valence-electron chi connectivity index (χ0n) is 17.5. The lowest BCUT2D eigenvalue weighted by atomic mass is 10.1. The Bertz CT molecular complexity index is 980. The molecule has 0 bridgehead atoms. The molecule has 0 radical (unpaired) electrons. The number of carbonyl (C=O) groups is 1. The first-order valence-corrected chi connectivity index (χ1v) is 9.66. The Morgan fingerprint density at radius 3 is 2.41 bits per heavy atom. The van der Waals surface area contributed by atoms with Gasteiger partial charge in [0.25, 0.3) is 5.91 Å². The summed E-state index contributed by atoms with van der Waals surface area (Å²) in [6.07, 6.45) is 0.0508. The van der Waals surface area contributed by atoms with E-state index < -0.39 is 0 Å². The smallest absolute Gasteiger partial charge is 0.272 e. The molecule has 1 aromatic heterocycles. The first kappa shape index (κ1) is 20.5. The standard InChI is InChI=1S/C23H27N3O3/c1-15(2)29-21-12-11-18(14-22(21)28-5)17(4)24-23(27)20-13-16(3)26(25-20)19-9-7-6-8-10-19/h6-15,17H,1-5H3,(H,24,27). The Hall–Kier alpha value is -3.28. The molecule has 0 aliphatic heterocycles. The Balaban J connectivity index is 1.76. The highest BCUT2D eigenvalue weighted by Gasteiger charge is 2.18. The van der Waals surface area contributed by atoms with Gasteiger partial charge < -0.3 is 14.8 Å². The summed E-state index contributed by atoms with van der Waals surface area (Å²) in [6.45, 7) is 7.79. The number of aryl methyl sites for hydroxylation is 1. The Morgan fingerprint density at radius 2 is 1.76 bits per heavy atom. The molecule has 0 aliphatic carbocycles. The summed E-state index contributed by atoms with van der Waals surface area (Å²) >= 11 is 0. The van der Waals surface area contributed by atoms with Gasteiger partial charge >= 0.3 is 0 Å². The van der Waals surface area contributed by atoms with Gasteiger partial charge in [-0.3, -0.25) is 4.79 Å². The number of para-hydroxylation sites is 1. The van der Waals surface area contributed by atoms with Gasteiger partial charge in [-0.25, -0.2) is 4.68 Å². The Labute approximate surface area is 171 Å². The normalized spacial score (nSPS) is 11.9. The van der Waals surface area contributed by atoms with Crippen molar-refractivity contribution in [2.45, 2.75) is 39.8 Å². The molecule has 3 rings (SSSR count). The summed E-state index contributed by atoms with van der Waals surface area (Å²) in [5, 5.41) is 7.47. The van der Waals surface area contributed by atoms with E-state index >= 15 is 0 Å². The maximum atomic E-state index is 12.7. The largest absolute Gasteiger partial charge is 0.493 e. The molecule has 6 nitrogen and oxygen atoms in total. The number of methoxy groups -OCH3 is 1. The van der Waals surface area contributed by atoms with Crippen LogP contribution in [0.1, 0.15) is 48.6 Å². The lowest BCUT2D eigenvalue weighted by Crippen LogP contribution is -2.27. The van der Waals surface area contributed by atoms with Gasteiger partial charge in [0, 0.05) is 5.69 Å². The number of hydrogen-bond donors (Lipinski definition) is 1. The first-order chi connectivity index (χ1) is 13.9. The van der Waals surface area contributed by atoms with Gasteiger partial charge in [-0.15, -0.1) is 0 Å². The molecule has 2 aromatic carbocycles. The van der Waals surface area contributed by atoms with Crippen molar-refractivity contribution in [2.24, 2.45) is 0 Å². The molecular weight excluding hydrogens is 366 g/mol. The van der Waals surface area contributed by atoms with Crippen molar-refractivity contribution in [3.63, 3.8) is 0 Å². The van der Waals surface area contributed by atoms with Crippen LogP contribution in [-0.2, 0) is 0 Å². The van der Waals surface area contributed by atoms with E-state index in [0.29, 0.717) is 17.2 Å². The Morgan fingerprint density at radius 1 is 1.03 bits per heavy atom. The second kappa shape index (κ2) is 8.82. The molecular formula is C23H27N3O3. The van der Waals surface area contributed by atoms with Crippen molar-refractivity contribution < 1.29 is 14.3 Å². The van der Waals surface area contributed by atoms with E-state index in [1.54, 1.807) is 17.9 Å². The lowest BCUT2D eigenvalue weighted by molar-refractivity contribution is 0.0934. The quantitative estimate of drug-likeness (QED) is 0.643.